The van der Waals surface area contributed by atoms with E-state index in [1.54, 1.807) is 45.8 Å². The van der Waals surface area contributed by atoms with E-state index in [9.17, 15) is 0 Å². The van der Waals surface area contributed by atoms with E-state index in [1.165, 1.54) is 0 Å². The molecule has 0 aliphatic heterocycles. The van der Waals surface area contributed by atoms with Crippen molar-refractivity contribution in [1.29, 1.82) is 0 Å². The largest absolute Gasteiger partial charge is 0.316 e. The van der Waals surface area contributed by atoms with E-state index < -0.39 is 0 Å². The zero-order valence-electron chi connectivity index (χ0n) is 16.7. The number of aromatic nitrogens is 4. The van der Waals surface area contributed by atoms with E-state index in [4.69, 9.17) is 58.6 Å². The van der Waals surface area contributed by atoms with Crippen LogP contribution in [0.15, 0.2) is 59.3 Å². The Hall–Kier alpha value is -1.81. The molecule has 33 heavy (non-hydrogen) atoms. The summed E-state index contributed by atoms with van der Waals surface area (Å²) in [6, 6.07) is 12.6. The topological polar surface area (TPSA) is 59.7 Å². The number of rotatable bonds is 6. The maximum absolute atomic E-state index is 6.26. The molecule has 0 spiro atoms. The lowest BCUT2D eigenvalue weighted by atomic mass is 10.2. The summed E-state index contributed by atoms with van der Waals surface area (Å²) in [4.78, 5) is 0. The monoisotopic (exact) mass is 602 g/mol. The van der Waals surface area contributed by atoms with Gasteiger partial charge in [-0.2, -0.15) is 10.2 Å². The number of nitrogens with one attached hydrogen (secondary N) is 2. The molecule has 0 saturated heterocycles. The molecule has 4 rings (SSSR count). The molecule has 0 amide bonds. The third-order valence-corrected chi connectivity index (χ3v) is 6.64. The van der Waals surface area contributed by atoms with Gasteiger partial charge in [-0.05, 0) is 58.0 Å². The SMILES string of the molecule is S=C(Nc1ccn(Cc2c(Cl)cccc2Cl)n1)Nc1nn(Cc2ccc(Cl)cc2Cl)cc1Br. The zero-order chi connectivity index (χ0) is 23.5. The first-order valence-corrected chi connectivity index (χ1v) is 12.2. The standard InChI is InChI=1S/C21H15BrCl4N6S/c22-15-11-32(9-12-4-5-13(23)8-18(12)26)30-20(15)28-21(33)27-19-6-7-31(29-19)10-14-16(24)2-1-3-17(14)25/h1-8,11H,9-10H2,(H2,27,28,29,30,33). The van der Waals surface area contributed by atoms with Gasteiger partial charge in [0.15, 0.2) is 16.7 Å². The number of nitrogens with zero attached hydrogens (tertiary/aromatic N) is 4. The Kier molecular flexibility index (Phi) is 7.83. The van der Waals surface area contributed by atoms with Gasteiger partial charge in [0, 0.05) is 44.1 Å². The van der Waals surface area contributed by atoms with E-state index in [0.29, 0.717) is 49.9 Å². The third kappa shape index (κ3) is 6.20. The van der Waals surface area contributed by atoms with Crippen LogP contribution in [0.5, 0.6) is 0 Å². The summed E-state index contributed by atoms with van der Waals surface area (Å²) in [7, 11) is 0. The van der Waals surface area contributed by atoms with Gasteiger partial charge in [0.25, 0.3) is 0 Å². The van der Waals surface area contributed by atoms with Gasteiger partial charge >= 0.3 is 0 Å². The minimum absolute atomic E-state index is 0.339. The molecule has 0 bridgehead atoms. The van der Waals surface area contributed by atoms with Gasteiger partial charge in [0.2, 0.25) is 0 Å². The molecule has 0 atom stereocenters. The van der Waals surface area contributed by atoms with Crippen LogP contribution in [0.3, 0.4) is 0 Å². The van der Waals surface area contributed by atoms with Crippen LogP contribution < -0.4 is 10.6 Å². The van der Waals surface area contributed by atoms with Crippen molar-refractivity contribution in [2.45, 2.75) is 13.1 Å². The highest BCUT2D eigenvalue weighted by Crippen LogP contribution is 2.26. The van der Waals surface area contributed by atoms with Gasteiger partial charge in [0.1, 0.15) is 0 Å². The van der Waals surface area contributed by atoms with Crippen molar-refractivity contribution >= 4 is 91.3 Å². The maximum Gasteiger partial charge on any atom is 0.177 e. The Morgan fingerprint density at radius 3 is 2.39 bits per heavy atom. The van der Waals surface area contributed by atoms with Crippen molar-refractivity contribution < 1.29 is 0 Å². The van der Waals surface area contributed by atoms with Crippen LogP contribution in [0.2, 0.25) is 20.1 Å². The van der Waals surface area contributed by atoms with Crippen molar-refractivity contribution in [3.05, 3.63) is 90.5 Å². The summed E-state index contributed by atoms with van der Waals surface area (Å²) in [6.45, 7) is 0.912. The molecule has 12 heteroatoms. The molecule has 0 saturated carbocycles. The van der Waals surface area contributed by atoms with Crippen molar-refractivity contribution in [3.63, 3.8) is 0 Å². The van der Waals surface area contributed by atoms with Crippen molar-refractivity contribution in [2.24, 2.45) is 0 Å². The molecular weight excluding hydrogens is 590 g/mol. The molecule has 0 radical (unpaired) electrons. The van der Waals surface area contributed by atoms with Crippen LogP contribution in [0, 0.1) is 0 Å². The smallest absolute Gasteiger partial charge is 0.177 e. The summed E-state index contributed by atoms with van der Waals surface area (Å²) in [6.07, 6.45) is 3.64. The lowest BCUT2D eigenvalue weighted by molar-refractivity contribution is 0.689. The second-order valence-electron chi connectivity index (χ2n) is 6.94. The average Bonchev–Trinajstić information content (AvgIpc) is 3.33. The summed E-state index contributed by atoms with van der Waals surface area (Å²) in [5.41, 5.74) is 1.69. The second kappa shape index (κ2) is 10.6. The molecule has 0 unspecified atom stereocenters. The maximum atomic E-state index is 6.26. The molecule has 4 aromatic rings. The Morgan fingerprint density at radius 1 is 0.909 bits per heavy atom. The molecule has 2 heterocycles. The van der Waals surface area contributed by atoms with E-state index in [1.807, 2.05) is 18.5 Å². The van der Waals surface area contributed by atoms with Gasteiger partial charge in [-0.3, -0.25) is 9.36 Å². The fraction of sp³-hybridized carbons (Fsp3) is 0.0952. The molecule has 2 aromatic heterocycles. The van der Waals surface area contributed by atoms with Crippen LogP contribution in [-0.2, 0) is 13.1 Å². The van der Waals surface area contributed by atoms with Crippen LogP contribution in [-0.4, -0.2) is 24.7 Å². The Morgan fingerprint density at radius 2 is 1.67 bits per heavy atom. The fourth-order valence-corrected chi connectivity index (χ4v) is 4.61. The lowest BCUT2D eigenvalue weighted by Crippen LogP contribution is -2.20. The van der Waals surface area contributed by atoms with Gasteiger partial charge in [-0.1, -0.05) is 58.5 Å². The van der Waals surface area contributed by atoms with Gasteiger partial charge in [-0.15, -0.1) is 0 Å². The average molecular weight is 605 g/mol. The van der Waals surface area contributed by atoms with Crippen LogP contribution >= 0.6 is 74.6 Å². The molecule has 0 fully saturated rings. The quantitative estimate of drug-likeness (QED) is 0.225. The molecule has 6 nitrogen and oxygen atoms in total. The van der Waals surface area contributed by atoms with E-state index in [2.05, 4.69) is 36.8 Å². The number of benzene rings is 2. The Balaban J connectivity index is 1.38. The molecule has 0 aliphatic carbocycles. The van der Waals surface area contributed by atoms with E-state index in [0.717, 1.165) is 15.6 Å². The number of anilines is 2. The van der Waals surface area contributed by atoms with Crippen molar-refractivity contribution in [2.75, 3.05) is 10.6 Å². The highest BCUT2D eigenvalue weighted by molar-refractivity contribution is 9.10. The Bertz CT molecular complexity index is 1300. The predicted octanol–water partition coefficient (Wildman–Crippen LogP) is 7.36. The normalized spacial score (nSPS) is 10.9. The van der Waals surface area contributed by atoms with Crippen LogP contribution in [0.4, 0.5) is 11.6 Å². The van der Waals surface area contributed by atoms with Gasteiger partial charge < -0.3 is 10.6 Å². The molecule has 2 aromatic carbocycles. The second-order valence-corrected chi connectivity index (χ2v) is 9.86. The van der Waals surface area contributed by atoms with Crippen LogP contribution in [0.1, 0.15) is 11.1 Å². The van der Waals surface area contributed by atoms with E-state index in [-0.39, 0.29) is 0 Å². The first kappa shape index (κ1) is 24.3. The third-order valence-electron chi connectivity index (χ3n) is 4.56. The summed E-state index contributed by atoms with van der Waals surface area (Å²) in [5.74, 6) is 1.12. The number of thiocarbonyl (C=S) groups is 1. The Labute approximate surface area is 223 Å². The van der Waals surface area contributed by atoms with Crippen molar-refractivity contribution in [3.8, 4) is 0 Å². The molecule has 2 N–H and O–H groups in total. The molecule has 0 aliphatic rings. The van der Waals surface area contributed by atoms with Gasteiger partial charge in [0.05, 0.1) is 17.6 Å². The predicted molar refractivity (Wildman–Crippen MR) is 143 cm³/mol. The lowest BCUT2D eigenvalue weighted by Gasteiger charge is -2.08. The minimum Gasteiger partial charge on any atom is -0.316 e. The first-order valence-electron chi connectivity index (χ1n) is 9.49. The highest BCUT2D eigenvalue weighted by atomic mass is 79.9. The highest BCUT2D eigenvalue weighted by Gasteiger charge is 2.12. The summed E-state index contributed by atoms with van der Waals surface area (Å²) >= 11 is 33.6. The minimum atomic E-state index is 0.339. The number of hydrogen-bond acceptors (Lipinski definition) is 3. The number of hydrogen-bond donors (Lipinski definition) is 2. The summed E-state index contributed by atoms with van der Waals surface area (Å²) in [5, 5.41) is 17.8. The first-order chi connectivity index (χ1) is 15.8. The zero-order valence-corrected chi connectivity index (χ0v) is 22.1. The number of halogens is 5. The molecule has 170 valence electrons. The van der Waals surface area contributed by atoms with Crippen LogP contribution in [0.25, 0.3) is 0 Å². The molecular formula is C21H15BrCl4N6S. The summed E-state index contributed by atoms with van der Waals surface area (Å²) < 4.78 is 4.21. The fourth-order valence-electron chi connectivity index (χ4n) is 3.00. The van der Waals surface area contributed by atoms with Gasteiger partial charge in [-0.25, -0.2) is 0 Å². The van der Waals surface area contributed by atoms with Crippen molar-refractivity contribution in [1.82, 2.24) is 19.6 Å². The van der Waals surface area contributed by atoms with E-state index >= 15 is 0 Å².